The molecular formula is C19H19NO6. The van der Waals surface area contributed by atoms with Crippen molar-refractivity contribution in [3.05, 3.63) is 53.6 Å². The predicted molar refractivity (Wildman–Crippen MR) is 94.9 cm³/mol. The molecule has 7 nitrogen and oxygen atoms in total. The van der Waals surface area contributed by atoms with Crippen LogP contribution in [0.25, 0.3) is 0 Å². The molecule has 0 saturated heterocycles. The first-order valence-electron chi connectivity index (χ1n) is 7.74. The lowest BCUT2D eigenvalue weighted by atomic mass is 10.1. The Bertz CT molecular complexity index is 813. The van der Waals surface area contributed by atoms with Crippen molar-refractivity contribution in [3.63, 3.8) is 0 Å². The highest BCUT2D eigenvalue weighted by Crippen LogP contribution is 2.25. The summed E-state index contributed by atoms with van der Waals surface area (Å²) in [6.07, 6.45) is 0. The number of ether oxygens (including phenoxy) is 3. The Labute approximate surface area is 150 Å². The van der Waals surface area contributed by atoms with Gasteiger partial charge in [0.15, 0.2) is 6.61 Å². The number of carbonyl (C=O) groups is 3. The quantitative estimate of drug-likeness (QED) is 0.605. The summed E-state index contributed by atoms with van der Waals surface area (Å²) in [6.45, 7) is 0.968. The molecule has 2 aromatic rings. The van der Waals surface area contributed by atoms with Gasteiger partial charge in [0.05, 0.1) is 25.3 Å². The molecule has 0 saturated carbocycles. The standard InChI is InChI=1S/C19H19NO6/c1-12(21)20-14-6-4-13(5-7-14)19(23)26-11-17(22)16-9-8-15(24-2)10-18(16)25-3/h4-10H,11H2,1-3H3,(H,20,21). The lowest BCUT2D eigenvalue weighted by Crippen LogP contribution is -2.15. The molecule has 0 aliphatic carbocycles. The fraction of sp³-hybridized carbons (Fsp3) is 0.211. The van der Waals surface area contributed by atoms with Crippen molar-refractivity contribution in [2.45, 2.75) is 6.92 Å². The van der Waals surface area contributed by atoms with E-state index in [9.17, 15) is 14.4 Å². The Hall–Kier alpha value is -3.35. The van der Waals surface area contributed by atoms with Crippen molar-refractivity contribution in [1.29, 1.82) is 0 Å². The van der Waals surface area contributed by atoms with Crippen molar-refractivity contribution in [3.8, 4) is 11.5 Å². The van der Waals surface area contributed by atoms with Gasteiger partial charge in [0.1, 0.15) is 11.5 Å². The normalized spacial score (nSPS) is 9.96. The number of ketones is 1. The molecule has 0 radical (unpaired) electrons. The maximum Gasteiger partial charge on any atom is 0.338 e. The van der Waals surface area contributed by atoms with E-state index in [1.807, 2.05) is 0 Å². The third kappa shape index (κ3) is 4.83. The van der Waals surface area contributed by atoms with Crippen molar-refractivity contribution >= 4 is 23.3 Å². The average molecular weight is 357 g/mol. The summed E-state index contributed by atoms with van der Waals surface area (Å²) in [4.78, 5) is 35.3. The molecule has 0 atom stereocenters. The Morgan fingerprint density at radius 2 is 1.65 bits per heavy atom. The van der Waals surface area contributed by atoms with Gasteiger partial charge in [-0.25, -0.2) is 4.79 Å². The van der Waals surface area contributed by atoms with Crippen LogP contribution in [0.3, 0.4) is 0 Å². The van der Waals surface area contributed by atoms with Crippen LogP contribution in [0, 0.1) is 0 Å². The summed E-state index contributed by atoms with van der Waals surface area (Å²) >= 11 is 0. The number of hydrogen-bond acceptors (Lipinski definition) is 6. The molecule has 1 N–H and O–H groups in total. The maximum absolute atomic E-state index is 12.3. The van der Waals surface area contributed by atoms with Crippen LogP contribution in [0.4, 0.5) is 5.69 Å². The van der Waals surface area contributed by atoms with Gasteiger partial charge in [0.25, 0.3) is 0 Å². The number of nitrogens with one attached hydrogen (secondary N) is 1. The number of hydrogen-bond donors (Lipinski definition) is 1. The van der Waals surface area contributed by atoms with E-state index >= 15 is 0 Å². The molecule has 0 spiro atoms. The summed E-state index contributed by atoms with van der Waals surface area (Å²) in [6, 6.07) is 10.9. The molecule has 0 aliphatic rings. The van der Waals surface area contributed by atoms with Gasteiger partial charge >= 0.3 is 5.97 Å². The van der Waals surface area contributed by atoms with Crippen molar-refractivity contribution in [2.24, 2.45) is 0 Å². The van der Waals surface area contributed by atoms with Gasteiger partial charge in [-0.2, -0.15) is 0 Å². The second-order valence-electron chi connectivity index (χ2n) is 5.32. The largest absolute Gasteiger partial charge is 0.497 e. The van der Waals surface area contributed by atoms with Crippen LogP contribution < -0.4 is 14.8 Å². The van der Waals surface area contributed by atoms with E-state index in [2.05, 4.69) is 5.32 Å². The second-order valence-corrected chi connectivity index (χ2v) is 5.32. The predicted octanol–water partition coefficient (Wildman–Crippen LogP) is 2.70. The molecule has 1 amide bonds. The fourth-order valence-corrected chi connectivity index (χ4v) is 2.21. The number of amides is 1. The van der Waals surface area contributed by atoms with Crippen LogP contribution in [0.1, 0.15) is 27.6 Å². The van der Waals surface area contributed by atoms with Crippen LogP contribution in [0.15, 0.2) is 42.5 Å². The third-order valence-corrected chi connectivity index (χ3v) is 3.48. The van der Waals surface area contributed by atoms with E-state index in [1.165, 1.54) is 33.3 Å². The van der Waals surface area contributed by atoms with E-state index in [1.54, 1.807) is 30.3 Å². The van der Waals surface area contributed by atoms with E-state index in [0.29, 0.717) is 22.7 Å². The SMILES string of the molecule is COc1ccc(C(=O)COC(=O)c2ccc(NC(C)=O)cc2)c(OC)c1. The van der Waals surface area contributed by atoms with Crippen LogP contribution in [0.5, 0.6) is 11.5 Å². The molecule has 2 rings (SSSR count). The summed E-state index contributed by atoms with van der Waals surface area (Å²) < 4.78 is 15.3. The van der Waals surface area contributed by atoms with Crippen molar-refractivity contribution in [1.82, 2.24) is 0 Å². The number of rotatable bonds is 7. The molecule has 7 heteroatoms. The third-order valence-electron chi connectivity index (χ3n) is 3.48. The molecule has 0 bridgehead atoms. The number of anilines is 1. The Balaban J connectivity index is 2.00. The molecule has 0 aliphatic heterocycles. The lowest BCUT2D eigenvalue weighted by Gasteiger charge is -2.10. The van der Waals surface area contributed by atoms with Crippen LogP contribution in [-0.4, -0.2) is 38.5 Å². The highest BCUT2D eigenvalue weighted by Gasteiger charge is 2.16. The number of Topliss-reactive ketones (excluding diaryl/α,β-unsaturated/α-hetero) is 1. The summed E-state index contributed by atoms with van der Waals surface area (Å²) in [5.74, 6) is -0.355. The Kier molecular flexibility index (Phi) is 6.32. The van der Waals surface area contributed by atoms with E-state index in [-0.39, 0.29) is 11.5 Å². The molecule has 26 heavy (non-hydrogen) atoms. The molecule has 0 unspecified atom stereocenters. The van der Waals surface area contributed by atoms with Gasteiger partial charge in [-0.15, -0.1) is 0 Å². The summed E-state index contributed by atoms with van der Waals surface area (Å²) in [5.41, 5.74) is 1.13. The molecular weight excluding hydrogens is 338 g/mol. The minimum Gasteiger partial charge on any atom is -0.497 e. The monoisotopic (exact) mass is 357 g/mol. The van der Waals surface area contributed by atoms with Crippen LogP contribution >= 0.6 is 0 Å². The number of carbonyl (C=O) groups excluding carboxylic acids is 3. The van der Waals surface area contributed by atoms with Crippen molar-refractivity contribution < 1.29 is 28.6 Å². The van der Waals surface area contributed by atoms with Gasteiger partial charge in [-0.3, -0.25) is 9.59 Å². The van der Waals surface area contributed by atoms with Crippen molar-refractivity contribution in [2.75, 3.05) is 26.1 Å². The second kappa shape index (κ2) is 8.66. The highest BCUT2D eigenvalue weighted by molar-refractivity contribution is 6.01. The number of methoxy groups -OCH3 is 2. The minimum atomic E-state index is -0.639. The van der Waals surface area contributed by atoms with Crippen LogP contribution in [0.2, 0.25) is 0 Å². The van der Waals surface area contributed by atoms with E-state index in [4.69, 9.17) is 14.2 Å². The fourth-order valence-electron chi connectivity index (χ4n) is 2.21. The number of esters is 1. The zero-order valence-electron chi connectivity index (χ0n) is 14.7. The minimum absolute atomic E-state index is 0.209. The smallest absolute Gasteiger partial charge is 0.338 e. The Morgan fingerprint density at radius 3 is 2.23 bits per heavy atom. The molecule has 2 aromatic carbocycles. The zero-order chi connectivity index (χ0) is 19.1. The first kappa shape index (κ1) is 19.0. The van der Waals surface area contributed by atoms with Gasteiger partial charge in [-0.1, -0.05) is 0 Å². The van der Waals surface area contributed by atoms with E-state index < -0.39 is 18.4 Å². The molecule has 136 valence electrons. The zero-order valence-corrected chi connectivity index (χ0v) is 14.7. The van der Waals surface area contributed by atoms with Crippen LogP contribution in [-0.2, 0) is 9.53 Å². The molecule has 0 aromatic heterocycles. The van der Waals surface area contributed by atoms with Gasteiger partial charge < -0.3 is 19.5 Å². The van der Waals surface area contributed by atoms with Gasteiger partial charge in [-0.05, 0) is 36.4 Å². The summed E-state index contributed by atoms with van der Waals surface area (Å²) in [5, 5.41) is 2.60. The molecule has 0 heterocycles. The topological polar surface area (TPSA) is 90.9 Å². The Morgan fingerprint density at radius 1 is 0.962 bits per heavy atom. The lowest BCUT2D eigenvalue weighted by molar-refractivity contribution is -0.114. The highest BCUT2D eigenvalue weighted by atomic mass is 16.5. The van der Waals surface area contributed by atoms with Gasteiger partial charge in [0, 0.05) is 18.7 Å². The number of benzene rings is 2. The van der Waals surface area contributed by atoms with E-state index in [0.717, 1.165) is 0 Å². The first-order chi connectivity index (χ1) is 12.4. The molecule has 0 fully saturated rings. The first-order valence-corrected chi connectivity index (χ1v) is 7.74. The maximum atomic E-state index is 12.3. The van der Waals surface area contributed by atoms with Gasteiger partial charge in [0.2, 0.25) is 11.7 Å². The average Bonchev–Trinajstić information content (AvgIpc) is 2.65. The summed E-state index contributed by atoms with van der Waals surface area (Å²) in [7, 11) is 2.95.